The van der Waals surface area contributed by atoms with Gasteiger partial charge >= 0.3 is 0 Å². The summed E-state index contributed by atoms with van der Waals surface area (Å²) in [4.78, 5) is 0. The van der Waals surface area contributed by atoms with E-state index in [-0.39, 0.29) is 6.04 Å². The molecule has 114 valence electrons. The molecule has 0 bridgehead atoms. The molecular formula is C17H25N3O. The van der Waals surface area contributed by atoms with Gasteiger partial charge in [-0.05, 0) is 23.5 Å². The number of benzene rings is 1. The summed E-state index contributed by atoms with van der Waals surface area (Å²) in [5, 5.41) is 4.38. The number of methoxy groups -OCH3 is 1. The Kier molecular flexibility index (Phi) is 5.02. The van der Waals surface area contributed by atoms with Crippen LogP contribution < -0.4 is 10.5 Å². The number of hydrogen-bond donors (Lipinski definition) is 1. The first kappa shape index (κ1) is 15.6. The van der Waals surface area contributed by atoms with Crippen LogP contribution in [0.4, 0.5) is 0 Å². The van der Waals surface area contributed by atoms with E-state index in [2.05, 4.69) is 50.1 Å². The van der Waals surface area contributed by atoms with E-state index in [4.69, 9.17) is 10.5 Å². The molecule has 0 radical (unpaired) electrons. The minimum absolute atomic E-state index is 0.227. The van der Waals surface area contributed by atoms with Gasteiger partial charge in [0.1, 0.15) is 5.69 Å². The van der Waals surface area contributed by atoms with Gasteiger partial charge in [-0.25, -0.2) is 0 Å². The zero-order valence-electron chi connectivity index (χ0n) is 13.3. The second-order valence-electron chi connectivity index (χ2n) is 5.62. The topological polar surface area (TPSA) is 53.1 Å². The molecule has 0 spiro atoms. The van der Waals surface area contributed by atoms with Crippen LogP contribution in [0.2, 0.25) is 0 Å². The van der Waals surface area contributed by atoms with E-state index in [1.54, 1.807) is 13.3 Å². The lowest BCUT2D eigenvalue weighted by Gasteiger charge is -2.17. The summed E-state index contributed by atoms with van der Waals surface area (Å²) < 4.78 is 7.36. The molecule has 1 aromatic carbocycles. The van der Waals surface area contributed by atoms with Gasteiger partial charge in [-0.1, -0.05) is 45.0 Å². The van der Waals surface area contributed by atoms with Crippen LogP contribution in [0.25, 0.3) is 0 Å². The van der Waals surface area contributed by atoms with Crippen molar-refractivity contribution in [2.24, 2.45) is 5.73 Å². The van der Waals surface area contributed by atoms with Gasteiger partial charge in [-0.2, -0.15) is 5.10 Å². The van der Waals surface area contributed by atoms with E-state index in [1.165, 1.54) is 5.56 Å². The number of nitrogens with zero attached hydrogens (tertiary/aromatic N) is 2. The van der Waals surface area contributed by atoms with Gasteiger partial charge in [0.05, 0.1) is 19.3 Å². The summed E-state index contributed by atoms with van der Waals surface area (Å²) in [6.45, 7) is 7.35. The number of ether oxygens (including phenoxy) is 1. The predicted molar refractivity (Wildman–Crippen MR) is 85.6 cm³/mol. The Morgan fingerprint density at radius 3 is 2.33 bits per heavy atom. The van der Waals surface area contributed by atoms with Crippen molar-refractivity contribution < 1.29 is 4.74 Å². The molecule has 0 aliphatic rings. The fourth-order valence-electron chi connectivity index (χ4n) is 2.48. The van der Waals surface area contributed by atoms with Crippen LogP contribution in [0.15, 0.2) is 30.5 Å². The summed E-state index contributed by atoms with van der Waals surface area (Å²) in [6.07, 6.45) is 2.75. The van der Waals surface area contributed by atoms with Crippen molar-refractivity contribution in [2.75, 3.05) is 7.11 Å². The quantitative estimate of drug-likeness (QED) is 0.885. The van der Waals surface area contributed by atoms with Crippen molar-refractivity contribution in [2.45, 2.75) is 45.7 Å². The van der Waals surface area contributed by atoms with Crippen molar-refractivity contribution in [1.29, 1.82) is 0 Å². The van der Waals surface area contributed by atoms with Crippen molar-refractivity contribution in [3.8, 4) is 5.75 Å². The molecule has 2 aromatic rings. The average Bonchev–Trinajstić information content (AvgIpc) is 2.90. The third kappa shape index (κ3) is 3.27. The predicted octanol–water partition coefficient (Wildman–Crippen LogP) is 3.47. The third-order valence-electron chi connectivity index (χ3n) is 3.76. The van der Waals surface area contributed by atoms with Crippen LogP contribution in [0, 0.1) is 0 Å². The molecular weight excluding hydrogens is 262 g/mol. The van der Waals surface area contributed by atoms with E-state index in [0.717, 1.165) is 30.0 Å². The summed E-state index contributed by atoms with van der Waals surface area (Å²) in [7, 11) is 1.66. The van der Waals surface area contributed by atoms with Crippen LogP contribution in [-0.2, 0) is 6.54 Å². The molecule has 1 unspecified atom stereocenters. The normalized spacial score (nSPS) is 12.7. The Labute approximate surface area is 126 Å². The van der Waals surface area contributed by atoms with Crippen LogP contribution in [0.5, 0.6) is 5.75 Å². The largest absolute Gasteiger partial charge is 0.493 e. The maximum atomic E-state index is 6.45. The molecule has 0 aliphatic heterocycles. The first-order valence-electron chi connectivity index (χ1n) is 7.53. The van der Waals surface area contributed by atoms with Gasteiger partial charge in [-0.3, -0.25) is 4.68 Å². The van der Waals surface area contributed by atoms with Gasteiger partial charge in [0.25, 0.3) is 0 Å². The standard InChI is InChI=1S/C17H25N3O/c1-5-10-20-17(15(21-4)11-19-20)16(18)14-8-6-13(7-9-14)12(2)3/h6-9,11-12,16H,5,10,18H2,1-4H3. The fourth-order valence-corrected chi connectivity index (χ4v) is 2.48. The molecule has 2 rings (SSSR count). The molecule has 1 aromatic heterocycles. The maximum absolute atomic E-state index is 6.45. The maximum Gasteiger partial charge on any atom is 0.161 e. The number of hydrogen-bond acceptors (Lipinski definition) is 3. The van der Waals surface area contributed by atoms with Crippen molar-refractivity contribution in [3.63, 3.8) is 0 Å². The highest BCUT2D eigenvalue weighted by Crippen LogP contribution is 2.29. The Bertz CT molecular complexity index is 572. The Morgan fingerprint density at radius 1 is 1.19 bits per heavy atom. The first-order chi connectivity index (χ1) is 10.1. The van der Waals surface area contributed by atoms with E-state index < -0.39 is 0 Å². The van der Waals surface area contributed by atoms with Crippen LogP contribution in [0.1, 0.15) is 56.0 Å². The van der Waals surface area contributed by atoms with Crippen LogP contribution in [0.3, 0.4) is 0 Å². The van der Waals surface area contributed by atoms with Gasteiger partial charge in [0, 0.05) is 6.54 Å². The van der Waals surface area contributed by atoms with Crippen LogP contribution >= 0.6 is 0 Å². The SMILES string of the molecule is CCCn1ncc(OC)c1C(N)c1ccc(C(C)C)cc1. The minimum atomic E-state index is -0.227. The molecule has 4 nitrogen and oxygen atoms in total. The Balaban J connectivity index is 2.34. The highest BCUT2D eigenvalue weighted by molar-refractivity contribution is 5.37. The Hall–Kier alpha value is -1.81. The molecule has 0 fully saturated rings. The number of nitrogens with two attached hydrogens (primary N) is 1. The molecule has 0 saturated heterocycles. The fraction of sp³-hybridized carbons (Fsp3) is 0.471. The molecule has 1 atom stereocenters. The lowest BCUT2D eigenvalue weighted by molar-refractivity contribution is 0.404. The zero-order valence-corrected chi connectivity index (χ0v) is 13.3. The third-order valence-corrected chi connectivity index (χ3v) is 3.76. The second-order valence-corrected chi connectivity index (χ2v) is 5.62. The lowest BCUT2D eigenvalue weighted by Crippen LogP contribution is -2.18. The molecule has 1 heterocycles. The van der Waals surface area contributed by atoms with E-state index >= 15 is 0 Å². The smallest absolute Gasteiger partial charge is 0.161 e. The number of rotatable bonds is 6. The number of aryl methyl sites for hydroxylation is 1. The molecule has 21 heavy (non-hydrogen) atoms. The first-order valence-corrected chi connectivity index (χ1v) is 7.53. The van der Waals surface area contributed by atoms with E-state index in [9.17, 15) is 0 Å². The van der Waals surface area contributed by atoms with Gasteiger partial charge < -0.3 is 10.5 Å². The highest BCUT2D eigenvalue weighted by atomic mass is 16.5. The van der Waals surface area contributed by atoms with Crippen molar-refractivity contribution in [3.05, 3.63) is 47.3 Å². The molecule has 0 aliphatic carbocycles. The summed E-state index contributed by atoms with van der Waals surface area (Å²) in [5.41, 5.74) is 9.79. The number of aromatic nitrogens is 2. The van der Waals surface area contributed by atoms with Crippen molar-refractivity contribution in [1.82, 2.24) is 9.78 Å². The highest BCUT2D eigenvalue weighted by Gasteiger charge is 2.20. The molecule has 0 amide bonds. The zero-order chi connectivity index (χ0) is 15.4. The summed E-state index contributed by atoms with van der Waals surface area (Å²) >= 11 is 0. The van der Waals surface area contributed by atoms with Crippen molar-refractivity contribution >= 4 is 0 Å². The summed E-state index contributed by atoms with van der Waals surface area (Å²) in [5.74, 6) is 1.28. The van der Waals surface area contributed by atoms with E-state index in [0.29, 0.717) is 5.92 Å². The van der Waals surface area contributed by atoms with Gasteiger partial charge in [0.15, 0.2) is 5.75 Å². The van der Waals surface area contributed by atoms with Gasteiger partial charge in [-0.15, -0.1) is 0 Å². The minimum Gasteiger partial charge on any atom is -0.493 e. The van der Waals surface area contributed by atoms with Gasteiger partial charge in [0.2, 0.25) is 0 Å². The average molecular weight is 287 g/mol. The molecule has 2 N–H and O–H groups in total. The Morgan fingerprint density at radius 2 is 1.81 bits per heavy atom. The second kappa shape index (κ2) is 6.76. The molecule has 0 saturated carbocycles. The van der Waals surface area contributed by atoms with Crippen LogP contribution in [-0.4, -0.2) is 16.9 Å². The lowest BCUT2D eigenvalue weighted by atomic mass is 9.98. The monoisotopic (exact) mass is 287 g/mol. The summed E-state index contributed by atoms with van der Waals surface area (Å²) in [6, 6.07) is 8.26. The molecule has 4 heteroatoms. The van der Waals surface area contributed by atoms with E-state index in [1.807, 2.05) is 4.68 Å².